The van der Waals surface area contributed by atoms with Gasteiger partial charge in [0.1, 0.15) is 11.4 Å². The molecule has 1 N–H and O–H groups in total. The van der Waals surface area contributed by atoms with Crippen molar-refractivity contribution >= 4 is 23.7 Å². The molecule has 2 heterocycles. The van der Waals surface area contributed by atoms with Crippen LogP contribution in [0.4, 0.5) is 10.6 Å². The molecule has 1 fully saturated rings. The lowest BCUT2D eigenvalue weighted by molar-refractivity contribution is -0.117. The highest BCUT2D eigenvalue weighted by Gasteiger charge is 2.48. The fourth-order valence-electron chi connectivity index (χ4n) is 5.55. The van der Waals surface area contributed by atoms with Gasteiger partial charge >= 0.3 is 6.09 Å². The average molecular weight is 507 g/mol. The van der Waals surface area contributed by atoms with E-state index in [1.807, 2.05) is 52.8 Å². The number of hydrogen-bond acceptors (Lipinski definition) is 5. The monoisotopic (exact) mass is 506 g/mol. The average Bonchev–Trinajstić information content (AvgIpc) is 3.18. The number of amides is 3. The Morgan fingerprint density at radius 3 is 2.35 bits per heavy atom. The number of hydrogen-bond donors (Lipinski definition) is 1. The zero-order valence-electron chi connectivity index (χ0n) is 22.5. The Hall–Kier alpha value is -3.42. The molecule has 8 heteroatoms. The number of anilines is 1. The maximum absolute atomic E-state index is 13.4. The lowest BCUT2D eigenvalue weighted by Gasteiger charge is -2.40. The van der Waals surface area contributed by atoms with Gasteiger partial charge < -0.3 is 19.9 Å². The molecule has 1 aliphatic heterocycles. The van der Waals surface area contributed by atoms with E-state index in [0.717, 1.165) is 18.4 Å². The highest BCUT2D eigenvalue weighted by Crippen LogP contribution is 2.52. The van der Waals surface area contributed by atoms with Crippen molar-refractivity contribution in [3.05, 3.63) is 59.3 Å². The normalized spacial score (nSPS) is 18.3. The van der Waals surface area contributed by atoms with Crippen LogP contribution in [0.1, 0.15) is 81.3 Å². The van der Waals surface area contributed by atoms with Crippen molar-refractivity contribution in [3.63, 3.8) is 0 Å². The van der Waals surface area contributed by atoms with E-state index in [2.05, 4.69) is 16.4 Å². The van der Waals surface area contributed by atoms with E-state index >= 15 is 0 Å². The van der Waals surface area contributed by atoms with Gasteiger partial charge in [-0.25, -0.2) is 9.78 Å². The number of fused-ring (bicyclic) bond motifs is 2. The van der Waals surface area contributed by atoms with Crippen molar-refractivity contribution < 1.29 is 19.1 Å². The Kier molecular flexibility index (Phi) is 7.57. The molecule has 0 saturated carbocycles. The van der Waals surface area contributed by atoms with E-state index in [1.165, 1.54) is 11.8 Å². The first-order chi connectivity index (χ1) is 17.6. The van der Waals surface area contributed by atoms with E-state index in [0.29, 0.717) is 44.0 Å². The number of carbonyl (C=O) groups is 3. The largest absolute Gasteiger partial charge is 0.444 e. The van der Waals surface area contributed by atoms with Gasteiger partial charge in [0, 0.05) is 37.8 Å². The van der Waals surface area contributed by atoms with Gasteiger partial charge in [0.2, 0.25) is 5.91 Å². The molecular weight excluding hydrogens is 468 g/mol. The third kappa shape index (κ3) is 5.63. The van der Waals surface area contributed by atoms with Crippen molar-refractivity contribution in [2.75, 3.05) is 31.5 Å². The zero-order chi connectivity index (χ0) is 26.8. The van der Waals surface area contributed by atoms with Crippen LogP contribution in [0.2, 0.25) is 0 Å². The molecule has 1 saturated heterocycles. The molecule has 8 nitrogen and oxygen atoms in total. The first-order valence-electron chi connectivity index (χ1n) is 13.2. The van der Waals surface area contributed by atoms with Crippen LogP contribution in [-0.2, 0) is 14.9 Å². The van der Waals surface area contributed by atoms with Crippen LogP contribution in [0.25, 0.3) is 0 Å². The third-order valence-electron chi connectivity index (χ3n) is 7.50. The standard InChI is InChI=1S/C29H38N4O4/c1-6-32(7-2)26(35)20-12-13-24(30-19-20)31-25(34)22-18-29(23-11-9-8-10-21(22)23)14-16-33(17-15-29)27(36)37-28(3,4)5/h8-13,19,22H,6-7,14-18H2,1-5H3,(H,30,31,34)/t22-/m0/s1. The van der Waals surface area contributed by atoms with E-state index in [9.17, 15) is 14.4 Å². The predicted octanol–water partition coefficient (Wildman–Crippen LogP) is 4.96. The van der Waals surface area contributed by atoms with E-state index < -0.39 is 5.60 Å². The Morgan fingerprint density at radius 2 is 1.76 bits per heavy atom. The molecule has 37 heavy (non-hydrogen) atoms. The van der Waals surface area contributed by atoms with E-state index in [1.54, 1.807) is 21.9 Å². The van der Waals surface area contributed by atoms with Crippen LogP contribution in [0, 0.1) is 0 Å². The number of aromatic nitrogens is 1. The molecule has 4 rings (SSSR count). The second-order valence-electron chi connectivity index (χ2n) is 11.0. The molecule has 2 aromatic rings. The smallest absolute Gasteiger partial charge is 0.410 e. The topological polar surface area (TPSA) is 91.8 Å². The summed E-state index contributed by atoms with van der Waals surface area (Å²) in [5.41, 5.74) is 2.07. The summed E-state index contributed by atoms with van der Waals surface area (Å²) in [5, 5.41) is 2.96. The summed E-state index contributed by atoms with van der Waals surface area (Å²) in [6, 6.07) is 11.5. The summed E-state index contributed by atoms with van der Waals surface area (Å²) in [6.45, 7) is 12.0. The van der Waals surface area contributed by atoms with Gasteiger partial charge in [-0.15, -0.1) is 0 Å². The van der Waals surface area contributed by atoms with Gasteiger partial charge in [0.05, 0.1) is 11.5 Å². The zero-order valence-corrected chi connectivity index (χ0v) is 22.5. The maximum Gasteiger partial charge on any atom is 0.410 e. The number of carbonyl (C=O) groups excluding carboxylic acids is 3. The molecule has 1 aromatic heterocycles. The minimum atomic E-state index is -0.528. The van der Waals surface area contributed by atoms with Crippen molar-refractivity contribution in [2.45, 2.75) is 70.8 Å². The van der Waals surface area contributed by atoms with Gasteiger partial charge in [0.25, 0.3) is 5.91 Å². The van der Waals surface area contributed by atoms with Crippen molar-refractivity contribution in [1.82, 2.24) is 14.8 Å². The van der Waals surface area contributed by atoms with Gasteiger partial charge in [-0.05, 0) is 77.1 Å². The Labute approximate surface area is 219 Å². The number of ether oxygens (including phenoxy) is 1. The number of likely N-dealkylation sites (tertiary alicyclic amines) is 1. The highest BCUT2D eigenvalue weighted by atomic mass is 16.6. The highest BCUT2D eigenvalue weighted by molar-refractivity contribution is 5.97. The number of nitrogens with one attached hydrogen (secondary N) is 1. The summed E-state index contributed by atoms with van der Waals surface area (Å²) in [4.78, 5) is 46.4. The van der Waals surface area contributed by atoms with E-state index in [4.69, 9.17) is 4.74 Å². The number of nitrogens with zero attached hydrogens (tertiary/aromatic N) is 3. The lowest BCUT2D eigenvalue weighted by atomic mass is 9.73. The van der Waals surface area contributed by atoms with Crippen LogP contribution >= 0.6 is 0 Å². The molecular formula is C29H38N4O4. The van der Waals surface area contributed by atoms with Gasteiger partial charge in [-0.3, -0.25) is 9.59 Å². The number of benzene rings is 1. The molecule has 0 unspecified atom stereocenters. The van der Waals surface area contributed by atoms with Gasteiger partial charge in [-0.1, -0.05) is 24.3 Å². The Morgan fingerprint density at radius 1 is 1.08 bits per heavy atom. The Bertz CT molecular complexity index is 1140. The minimum absolute atomic E-state index is 0.0697. The fraction of sp³-hybridized carbons (Fsp3) is 0.517. The molecule has 1 aliphatic carbocycles. The van der Waals surface area contributed by atoms with Crippen LogP contribution in [0.5, 0.6) is 0 Å². The molecule has 0 radical (unpaired) electrons. The first-order valence-corrected chi connectivity index (χ1v) is 13.2. The quantitative estimate of drug-likeness (QED) is 0.619. The number of rotatable bonds is 5. The maximum atomic E-state index is 13.4. The third-order valence-corrected chi connectivity index (χ3v) is 7.50. The first kappa shape index (κ1) is 26.6. The minimum Gasteiger partial charge on any atom is -0.444 e. The van der Waals surface area contributed by atoms with Crippen molar-refractivity contribution in [3.8, 4) is 0 Å². The predicted molar refractivity (Wildman–Crippen MR) is 143 cm³/mol. The summed E-state index contributed by atoms with van der Waals surface area (Å²) < 4.78 is 5.56. The summed E-state index contributed by atoms with van der Waals surface area (Å²) in [6.07, 6.45) is 3.50. The van der Waals surface area contributed by atoms with Crippen molar-refractivity contribution in [1.29, 1.82) is 0 Å². The second-order valence-corrected chi connectivity index (χ2v) is 11.0. The summed E-state index contributed by atoms with van der Waals surface area (Å²) >= 11 is 0. The van der Waals surface area contributed by atoms with Crippen LogP contribution in [0.15, 0.2) is 42.6 Å². The van der Waals surface area contributed by atoms with Crippen LogP contribution in [-0.4, -0.2) is 64.5 Å². The molecule has 1 atom stereocenters. The SMILES string of the molecule is CCN(CC)C(=O)c1ccc(NC(=O)[C@H]2CC3(CCN(C(=O)OC(C)(C)C)CC3)c3ccccc32)nc1. The summed E-state index contributed by atoms with van der Waals surface area (Å²) in [5.74, 6) is -0.0451. The van der Waals surface area contributed by atoms with Gasteiger partial charge in [-0.2, -0.15) is 0 Å². The lowest BCUT2D eigenvalue weighted by Crippen LogP contribution is -2.46. The van der Waals surface area contributed by atoms with Gasteiger partial charge in [0.15, 0.2) is 0 Å². The van der Waals surface area contributed by atoms with E-state index in [-0.39, 0.29) is 29.2 Å². The number of pyridine rings is 1. The number of piperidine rings is 1. The molecule has 198 valence electrons. The molecule has 1 aromatic carbocycles. The molecule has 0 bridgehead atoms. The molecule has 1 spiro atoms. The Balaban J connectivity index is 1.45. The van der Waals surface area contributed by atoms with Crippen molar-refractivity contribution in [2.24, 2.45) is 0 Å². The van der Waals surface area contributed by atoms with Crippen LogP contribution < -0.4 is 5.32 Å². The summed E-state index contributed by atoms with van der Waals surface area (Å²) in [7, 11) is 0. The second kappa shape index (κ2) is 10.5. The fourth-order valence-corrected chi connectivity index (χ4v) is 5.55. The molecule has 3 amide bonds. The van der Waals surface area contributed by atoms with Crippen LogP contribution in [0.3, 0.4) is 0 Å². The molecule has 2 aliphatic rings.